The molecule has 0 amide bonds. The first-order chi connectivity index (χ1) is 7.55. The van der Waals surface area contributed by atoms with Gasteiger partial charge in [0.25, 0.3) is 0 Å². The van der Waals surface area contributed by atoms with E-state index in [2.05, 4.69) is 18.9 Å². The molecule has 16 heavy (non-hydrogen) atoms. The Hall–Kier alpha value is -0.900. The van der Waals surface area contributed by atoms with Crippen LogP contribution in [0.25, 0.3) is 0 Å². The van der Waals surface area contributed by atoms with E-state index >= 15 is 0 Å². The fourth-order valence-electron chi connectivity index (χ4n) is 2.43. The molecule has 0 aromatic carbocycles. The molecule has 2 rings (SSSR count). The van der Waals surface area contributed by atoms with Crippen LogP contribution in [0, 0.1) is 5.41 Å². The molecular formula is C12H20N2O2. The van der Waals surface area contributed by atoms with Gasteiger partial charge >= 0.3 is 0 Å². The van der Waals surface area contributed by atoms with Crippen molar-refractivity contribution in [2.24, 2.45) is 10.5 Å². The Labute approximate surface area is 96.6 Å². The van der Waals surface area contributed by atoms with Gasteiger partial charge in [-0.25, -0.2) is 0 Å². The zero-order valence-electron chi connectivity index (χ0n) is 10.2. The highest BCUT2D eigenvalue weighted by molar-refractivity contribution is 6.04. The minimum Gasteiger partial charge on any atom is -0.378 e. The minimum atomic E-state index is 0.0838. The number of ether oxygens (including phenoxy) is 1. The lowest BCUT2D eigenvalue weighted by atomic mass is 9.76. The number of rotatable bonds is 1. The third kappa shape index (κ3) is 3.04. The van der Waals surface area contributed by atoms with Crippen molar-refractivity contribution in [3.63, 3.8) is 0 Å². The number of hydrazone groups is 1. The molecule has 0 aromatic rings. The summed E-state index contributed by atoms with van der Waals surface area (Å²) in [5, 5.41) is 6.63. The van der Waals surface area contributed by atoms with Gasteiger partial charge in [-0.2, -0.15) is 5.10 Å². The monoisotopic (exact) mass is 224 g/mol. The summed E-state index contributed by atoms with van der Waals surface area (Å²) >= 11 is 0. The van der Waals surface area contributed by atoms with Crippen LogP contribution in [0.3, 0.4) is 0 Å². The Balaban J connectivity index is 2.02. The maximum absolute atomic E-state index is 11.6. The third-order valence-corrected chi connectivity index (χ3v) is 3.03. The average Bonchev–Trinajstić information content (AvgIpc) is 2.15. The van der Waals surface area contributed by atoms with Crippen LogP contribution in [0.15, 0.2) is 5.10 Å². The Bertz CT molecular complexity index is 304. The summed E-state index contributed by atoms with van der Waals surface area (Å²) in [6, 6.07) is 0. The normalized spacial score (nSPS) is 28.5. The number of Topliss-reactive ketones (excluding diaryl/α,β-unsaturated/α-hetero) is 1. The summed E-state index contributed by atoms with van der Waals surface area (Å²) in [7, 11) is 0. The van der Waals surface area contributed by atoms with E-state index in [4.69, 9.17) is 4.74 Å². The van der Waals surface area contributed by atoms with Gasteiger partial charge in [-0.1, -0.05) is 13.8 Å². The van der Waals surface area contributed by atoms with E-state index in [1.54, 1.807) is 0 Å². The molecule has 0 radical (unpaired) electrons. The van der Waals surface area contributed by atoms with Crippen LogP contribution in [0.1, 0.15) is 33.1 Å². The summed E-state index contributed by atoms with van der Waals surface area (Å²) in [5.74, 6) is 0.322. The summed E-state index contributed by atoms with van der Waals surface area (Å²) in [5.41, 5.74) is 1.13. The van der Waals surface area contributed by atoms with Crippen LogP contribution < -0.4 is 0 Å². The lowest BCUT2D eigenvalue weighted by Gasteiger charge is -2.31. The molecule has 1 aliphatic heterocycles. The van der Waals surface area contributed by atoms with E-state index in [1.165, 1.54) is 0 Å². The molecule has 4 heteroatoms. The number of hydrogen-bond acceptors (Lipinski definition) is 4. The van der Waals surface area contributed by atoms with Gasteiger partial charge in [0.1, 0.15) is 5.78 Å². The number of ketones is 1. The first-order valence-corrected chi connectivity index (χ1v) is 5.96. The maximum atomic E-state index is 11.6. The highest BCUT2D eigenvalue weighted by atomic mass is 16.5. The van der Waals surface area contributed by atoms with Crippen molar-refractivity contribution in [2.75, 3.05) is 26.3 Å². The summed E-state index contributed by atoms with van der Waals surface area (Å²) in [6.07, 6.45) is 2.17. The van der Waals surface area contributed by atoms with Gasteiger partial charge in [0.2, 0.25) is 0 Å². The van der Waals surface area contributed by atoms with E-state index in [0.717, 1.165) is 38.4 Å². The third-order valence-electron chi connectivity index (χ3n) is 3.03. The van der Waals surface area contributed by atoms with Crippen LogP contribution >= 0.6 is 0 Å². The second-order valence-corrected chi connectivity index (χ2v) is 5.47. The average molecular weight is 224 g/mol. The molecule has 1 saturated heterocycles. The Morgan fingerprint density at radius 1 is 1.25 bits per heavy atom. The standard InChI is InChI=1S/C12H20N2O2/c1-12(2)8-10(7-11(15)9-12)13-14-3-5-16-6-4-14/h3-9H2,1-2H3. The van der Waals surface area contributed by atoms with Crippen LogP contribution in [0.5, 0.6) is 0 Å². The van der Waals surface area contributed by atoms with Gasteiger partial charge in [0.15, 0.2) is 0 Å². The van der Waals surface area contributed by atoms with Gasteiger partial charge in [-0.3, -0.25) is 9.80 Å². The molecule has 0 bridgehead atoms. The second kappa shape index (κ2) is 4.53. The van der Waals surface area contributed by atoms with Crippen molar-refractivity contribution in [3.8, 4) is 0 Å². The van der Waals surface area contributed by atoms with E-state index in [1.807, 2.05) is 5.01 Å². The number of carbonyl (C=O) groups excluding carboxylic acids is 1. The zero-order valence-corrected chi connectivity index (χ0v) is 10.2. The van der Waals surface area contributed by atoms with Crippen molar-refractivity contribution >= 4 is 11.5 Å². The van der Waals surface area contributed by atoms with Crippen molar-refractivity contribution < 1.29 is 9.53 Å². The molecular weight excluding hydrogens is 204 g/mol. The molecule has 1 saturated carbocycles. The molecule has 0 atom stereocenters. The van der Waals surface area contributed by atoms with E-state index in [-0.39, 0.29) is 5.41 Å². The smallest absolute Gasteiger partial charge is 0.139 e. The predicted molar refractivity (Wildman–Crippen MR) is 62.5 cm³/mol. The maximum Gasteiger partial charge on any atom is 0.139 e. The number of hydrogen-bond donors (Lipinski definition) is 0. The summed E-state index contributed by atoms with van der Waals surface area (Å²) < 4.78 is 5.27. The van der Waals surface area contributed by atoms with Crippen LogP contribution in [0.2, 0.25) is 0 Å². The first kappa shape index (κ1) is 11.6. The highest BCUT2D eigenvalue weighted by Crippen LogP contribution is 2.31. The van der Waals surface area contributed by atoms with Gasteiger partial charge in [0, 0.05) is 18.6 Å². The zero-order chi connectivity index (χ0) is 11.6. The SMILES string of the molecule is CC1(C)CC(=O)CC(=NN2CCOCC2)C1. The predicted octanol–water partition coefficient (Wildman–Crippen LogP) is 1.45. The molecule has 0 unspecified atom stereocenters. The second-order valence-electron chi connectivity index (χ2n) is 5.47. The molecule has 90 valence electrons. The molecule has 0 spiro atoms. The molecule has 4 nitrogen and oxygen atoms in total. The highest BCUT2D eigenvalue weighted by Gasteiger charge is 2.30. The molecule has 0 aromatic heterocycles. The Morgan fingerprint density at radius 2 is 1.94 bits per heavy atom. The van der Waals surface area contributed by atoms with Crippen molar-refractivity contribution in [1.29, 1.82) is 0 Å². The Morgan fingerprint density at radius 3 is 2.56 bits per heavy atom. The van der Waals surface area contributed by atoms with Crippen molar-refractivity contribution in [2.45, 2.75) is 33.1 Å². The van der Waals surface area contributed by atoms with E-state index in [0.29, 0.717) is 18.6 Å². The van der Waals surface area contributed by atoms with Gasteiger partial charge in [-0.05, 0) is 11.8 Å². The van der Waals surface area contributed by atoms with Crippen LogP contribution in [0.4, 0.5) is 0 Å². The number of nitrogens with zero attached hydrogens (tertiary/aromatic N) is 2. The van der Waals surface area contributed by atoms with Gasteiger partial charge < -0.3 is 4.74 Å². The minimum absolute atomic E-state index is 0.0838. The van der Waals surface area contributed by atoms with E-state index < -0.39 is 0 Å². The number of morpholine rings is 1. The number of carbonyl (C=O) groups is 1. The van der Waals surface area contributed by atoms with Gasteiger partial charge in [-0.15, -0.1) is 0 Å². The van der Waals surface area contributed by atoms with Gasteiger partial charge in [0.05, 0.1) is 26.3 Å². The lowest BCUT2D eigenvalue weighted by Crippen LogP contribution is -2.35. The molecule has 0 N–H and O–H groups in total. The van der Waals surface area contributed by atoms with Crippen molar-refractivity contribution in [1.82, 2.24) is 5.01 Å². The fourth-order valence-corrected chi connectivity index (χ4v) is 2.43. The summed E-state index contributed by atoms with van der Waals surface area (Å²) in [6.45, 7) is 7.45. The fraction of sp³-hybridized carbons (Fsp3) is 0.833. The van der Waals surface area contributed by atoms with Crippen LogP contribution in [-0.2, 0) is 9.53 Å². The molecule has 1 aliphatic carbocycles. The summed E-state index contributed by atoms with van der Waals surface area (Å²) in [4.78, 5) is 11.6. The quantitative estimate of drug-likeness (QED) is 0.677. The molecule has 2 fully saturated rings. The van der Waals surface area contributed by atoms with Crippen LogP contribution in [-0.4, -0.2) is 42.8 Å². The first-order valence-electron chi connectivity index (χ1n) is 5.96. The molecule has 2 aliphatic rings. The van der Waals surface area contributed by atoms with E-state index in [9.17, 15) is 4.79 Å². The largest absolute Gasteiger partial charge is 0.378 e. The topological polar surface area (TPSA) is 41.9 Å². The Kier molecular flexibility index (Phi) is 3.28. The lowest BCUT2D eigenvalue weighted by molar-refractivity contribution is -0.120. The van der Waals surface area contributed by atoms with Crippen molar-refractivity contribution in [3.05, 3.63) is 0 Å². The molecule has 1 heterocycles.